The fourth-order valence-corrected chi connectivity index (χ4v) is 5.06. The van der Waals surface area contributed by atoms with Gasteiger partial charge in [0.25, 0.3) is 0 Å². The second-order valence-corrected chi connectivity index (χ2v) is 7.88. The monoisotopic (exact) mass is 383 g/mol. The summed E-state index contributed by atoms with van der Waals surface area (Å²) < 4.78 is 40.1. The summed E-state index contributed by atoms with van der Waals surface area (Å²) in [4.78, 5) is -0.134. The van der Waals surface area contributed by atoms with Gasteiger partial charge in [-0.15, -0.1) is 0 Å². The maximum Gasteiger partial charge on any atom is 0.244 e. The van der Waals surface area contributed by atoms with Crippen molar-refractivity contribution >= 4 is 37.6 Å². The first-order valence-corrected chi connectivity index (χ1v) is 9.43. The fraction of sp³-hybridized carbons (Fsp3) is 0.538. The third kappa shape index (κ3) is 3.35. The molecule has 0 aromatic heterocycles. The molecule has 2 rings (SSSR count). The Bertz CT molecular complexity index is 582. The SMILES string of the molecule is O=S(=O)(c1cc(F)ccc1Cl)N1CCCC1CCCBr. The summed E-state index contributed by atoms with van der Waals surface area (Å²) in [6.45, 7) is 0.474. The number of rotatable bonds is 5. The maximum absolute atomic E-state index is 13.3. The predicted octanol–water partition coefficient (Wildman–Crippen LogP) is 3.81. The normalized spacial score (nSPS) is 20.4. The molecule has 7 heteroatoms. The van der Waals surface area contributed by atoms with Crippen LogP contribution in [-0.2, 0) is 10.0 Å². The van der Waals surface area contributed by atoms with Crippen molar-refractivity contribution in [3.05, 3.63) is 29.0 Å². The average molecular weight is 385 g/mol. The van der Waals surface area contributed by atoms with Crippen LogP contribution in [0.5, 0.6) is 0 Å². The quantitative estimate of drug-likeness (QED) is 0.724. The Morgan fingerprint density at radius 1 is 1.45 bits per heavy atom. The standard InChI is InChI=1S/C13H16BrClFNO2S/c14-7-1-3-11-4-2-8-17(11)20(18,19)13-9-10(16)5-6-12(13)15/h5-6,9,11H,1-4,7-8H2. The zero-order valence-electron chi connectivity index (χ0n) is 10.9. The number of nitrogens with zero attached hydrogens (tertiary/aromatic N) is 1. The van der Waals surface area contributed by atoms with Crippen LogP contribution in [0.4, 0.5) is 4.39 Å². The van der Waals surface area contributed by atoms with Gasteiger partial charge in [0.2, 0.25) is 10.0 Å². The molecule has 0 saturated carbocycles. The van der Waals surface area contributed by atoms with Crippen molar-refractivity contribution in [1.82, 2.24) is 4.31 Å². The molecule has 0 amide bonds. The summed E-state index contributed by atoms with van der Waals surface area (Å²) in [7, 11) is -3.73. The van der Waals surface area contributed by atoms with E-state index in [0.717, 1.165) is 43.1 Å². The first kappa shape index (κ1) is 16.2. The van der Waals surface area contributed by atoms with E-state index in [0.29, 0.717) is 6.54 Å². The first-order valence-electron chi connectivity index (χ1n) is 6.49. The van der Waals surface area contributed by atoms with Crippen LogP contribution in [0.2, 0.25) is 5.02 Å². The zero-order chi connectivity index (χ0) is 14.8. The van der Waals surface area contributed by atoms with E-state index < -0.39 is 15.8 Å². The van der Waals surface area contributed by atoms with Crippen molar-refractivity contribution in [3.8, 4) is 0 Å². The Kier molecular flexibility index (Phi) is 5.45. The van der Waals surface area contributed by atoms with Crippen LogP contribution in [0, 0.1) is 5.82 Å². The Balaban J connectivity index is 2.31. The Labute approximate surface area is 132 Å². The van der Waals surface area contributed by atoms with Gasteiger partial charge >= 0.3 is 0 Å². The molecule has 1 atom stereocenters. The second-order valence-electron chi connectivity index (χ2n) is 4.82. The molecule has 0 spiro atoms. The number of sulfonamides is 1. The van der Waals surface area contributed by atoms with Crippen molar-refractivity contribution in [2.45, 2.75) is 36.6 Å². The molecular formula is C13H16BrClFNO2S. The topological polar surface area (TPSA) is 37.4 Å². The van der Waals surface area contributed by atoms with Gasteiger partial charge in [-0.05, 0) is 43.9 Å². The van der Waals surface area contributed by atoms with E-state index in [1.54, 1.807) is 0 Å². The smallest absolute Gasteiger partial charge is 0.207 e. The summed E-state index contributed by atoms with van der Waals surface area (Å²) in [5, 5.41) is 0.913. The van der Waals surface area contributed by atoms with Gasteiger partial charge in [0, 0.05) is 17.9 Å². The van der Waals surface area contributed by atoms with Crippen LogP contribution in [0.1, 0.15) is 25.7 Å². The molecule has 1 aliphatic heterocycles. The highest BCUT2D eigenvalue weighted by atomic mass is 79.9. The van der Waals surface area contributed by atoms with Crippen LogP contribution >= 0.6 is 27.5 Å². The highest BCUT2D eigenvalue weighted by Crippen LogP contribution is 2.32. The number of benzene rings is 1. The minimum atomic E-state index is -3.73. The molecule has 20 heavy (non-hydrogen) atoms. The van der Waals surface area contributed by atoms with Crippen molar-refractivity contribution in [3.63, 3.8) is 0 Å². The van der Waals surface area contributed by atoms with Crippen LogP contribution in [0.3, 0.4) is 0 Å². The highest BCUT2D eigenvalue weighted by molar-refractivity contribution is 9.09. The largest absolute Gasteiger partial charge is 0.244 e. The first-order chi connectivity index (χ1) is 9.46. The van der Waals surface area contributed by atoms with Crippen LogP contribution in [-0.4, -0.2) is 30.6 Å². The van der Waals surface area contributed by atoms with Crippen LogP contribution in [0.25, 0.3) is 0 Å². The summed E-state index contributed by atoms with van der Waals surface area (Å²) in [5.41, 5.74) is 0. The van der Waals surface area contributed by atoms with Gasteiger partial charge in [-0.25, -0.2) is 12.8 Å². The van der Waals surface area contributed by atoms with Gasteiger partial charge in [0.15, 0.2) is 0 Å². The number of hydrogen-bond donors (Lipinski definition) is 0. The molecule has 0 N–H and O–H groups in total. The van der Waals surface area contributed by atoms with E-state index in [9.17, 15) is 12.8 Å². The Hall–Kier alpha value is -0.170. The molecule has 1 aliphatic rings. The molecule has 1 unspecified atom stereocenters. The molecule has 0 aliphatic carbocycles. The summed E-state index contributed by atoms with van der Waals surface area (Å²) in [6.07, 6.45) is 3.39. The van der Waals surface area contributed by atoms with Gasteiger partial charge in [-0.2, -0.15) is 4.31 Å². The van der Waals surface area contributed by atoms with E-state index in [2.05, 4.69) is 15.9 Å². The lowest BCUT2D eigenvalue weighted by Crippen LogP contribution is -2.35. The minimum Gasteiger partial charge on any atom is -0.207 e. The van der Waals surface area contributed by atoms with E-state index in [4.69, 9.17) is 11.6 Å². The molecule has 3 nitrogen and oxygen atoms in total. The Morgan fingerprint density at radius 3 is 2.90 bits per heavy atom. The lowest BCUT2D eigenvalue weighted by molar-refractivity contribution is 0.369. The van der Waals surface area contributed by atoms with Crippen LogP contribution < -0.4 is 0 Å². The Morgan fingerprint density at radius 2 is 2.20 bits per heavy atom. The highest BCUT2D eigenvalue weighted by Gasteiger charge is 2.36. The molecule has 1 saturated heterocycles. The molecule has 1 aromatic rings. The molecule has 0 bridgehead atoms. The molecule has 112 valence electrons. The molecule has 1 heterocycles. The van der Waals surface area contributed by atoms with E-state index in [-0.39, 0.29) is 16.0 Å². The summed E-state index contributed by atoms with van der Waals surface area (Å²) in [6, 6.07) is 3.43. The third-order valence-electron chi connectivity index (χ3n) is 3.47. The lowest BCUT2D eigenvalue weighted by Gasteiger charge is -2.24. The van der Waals surface area contributed by atoms with Gasteiger partial charge in [0.1, 0.15) is 10.7 Å². The molecule has 1 fully saturated rings. The van der Waals surface area contributed by atoms with Crippen LogP contribution in [0.15, 0.2) is 23.1 Å². The number of alkyl halides is 1. The molecular weight excluding hydrogens is 369 g/mol. The predicted molar refractivity (Wildman–Crippen MR) is 81.4 cm³/mol. The van der Waals surface area contributed by atoms with Crippen molar-refractivity contribution in [1.29, 1.82) is 0 Å². The average Bonchev–Trinajstić information content (AvgIpc) is 2.88. The summed E-state index contributed by atoms with van der Waals surface area (Å²) in [5.74, 6) is -0.593. The van der Waals surface area contributed by atoms with E-state index >= 15 is 0 Å². The maximum atomic E-state index is 13.3. The number of hydrogen-bond acceptors (Lipinski definition) is 2. The second kappa shape index (κ2) is 6.73. The van der Waals surface area contributed by atoms with Gasteiger partial charge < -0.3 is 0 Å². The minimum absolute atomic E-state index is 0.0168. The van der Waals surface area contributed by atoms with Crippen molar-refractivity contribution in [2.24, 2.45) is 0 Å². The van der Waals surface area contributed by atoms with E-state index in [1.807, 2.05) is 0 Å². The van der Waals surface area contributed by atoms with Crippen molar-refractivity contribution < 1.29 is 12.8 Å². The van der Waals surface area contributed by atoms with Gasteiger partial charge in [-0.1, -0.05) is 27.5 Å². The van der Waals surface area contributed by atoms with Gasteiger partial charge in [0.05, 0.1) is 5.02 Å². The van der Waals surface area contributed by atoms with Crippen molar-refractivity contribution in [2.75, 3.05) is 11.9 Å². The molecule has 1 aromatic carbocycles. The summed E-state index contributed by atoms with van der Waals surface area (Å²) >= 11 is 9.29. The van der Waals surface area contributed by atoms with Gasteiger partial charge in [-0.3, -0.25) is 0 Å². The lowest BCUT2D eigenvalue weighted by atomic mass is 10.1. The van der Waals surface area contributed by atoms with E-state index in [1.165, 1.54) is 10.4 Å². The third-order valence-corrected chi connectivity index (χ3v) is 6.47. The molecule has 0 radical (unpaired) electrons. The fourth-order valence-electron chi connectivity index (χ4n) is 2.53. The zero-order valence-corrected chi connectivity index (χ0v) is 14.0. The number of halogens is 3.